The van der Waals surface area contributed by atoms with Gasteiger partial charge in [0, 0.05) is 32.4 Å². The van der Waals surface area contributed by atoms with Crippen molar-refractivity contribution in [3.05, 3.63) is 97.1 Å². The van der Waals surface area contributed by atoms with Crippen LogP contribution in [0.25, 0.3) is 0 Å². The minimum atomic E-state index is -1.67. The van der Waals surface area contributed by atoms with Gasteiger partial charge in [0.2, 0.25) is 0 Å². The van der Waals surface area contributed by atoms with E-state index in [1.54, 1.807) is 15.6 Å². The molecule has 0 amide bonds. The second-order valence-electron chi connectivity index (χ2n) is 22.1. The third-order valence-electron chi connectivity index (χ3n) is 16.4. The normalized spacial score (nSPS) is 13.0. The Hall–Kier alpha value is -1.30. The summed E-state index contributed by atoms with van der Waals surface area (Å²) in [4.78, 5) is 1.43. The predicted molar refractivity (Wildman–Crippen MR) is 340 cm³/mol. The molecule has 0 saturated heterocycles. The number of nitrogens with zero attached hydrogens (tertiary/aromatic N) is 1. The predicted octanol–water partition coefficient (Wildman–Crippen LogP) is 18.7. The van der Waals surface area contributed by atoms with Gasteiger partial charge in [0.25, 0.3) is 0 Å². The minimum absolute atomic E-state index is 0.340. The van der Waals surface area contributed by atoms with Gasteiger partial charge in [0.1, 0.15) is 0 Å². The van der Waals surface area contributed by atoms with Gasteiger partial charge in [0.05, 0.1) is 24.2 Å². The van der Waals surface area contributed by atoms with Gasteiger partial charge >= 0.3 is 0 Å². The molecule has 0 fully saturated rings. The van der Waals surface area contributed by atoms with Crippen LogP contribution in [0.3, 0.4) is 0 Å². The van der Waals surface area contributed by atoms with E-state index in [0.29, 0.717) is 6.04 Å². The van der Waals surface area contributed by atoms with Crippen molar-refractivity contribution >= 4 is 88.9 Å². The minimum Gasteiger partial charge on any atom is -0.242 e. The van der Waals surface area contributed by atoms with Gasteiger partial charge in [-0.3, -0.25) is 0 Å². The van der Waals surface area contributed by atoms with Crippen LogP contribution in [0.1, 0.15) is 192 Å². The van der Waals surface area contributed by atoms with Crippen LogP contribution in [-0.2, 0) is 0 Å². The van der Waals surface area contributed by atoms with E-state index >= 15 is 0 Å². The molecule has 4 rings (SSSR count). The van der Waals surface area contributed by atoms with Crippen LogP contribution in [0.15, 0.2) is 102 Å². The van der Waals surface area contributed by atoms with E-state index in [4.69, 9.17) is 0 Å². The van der Waals surface area contributed by atoms with Crippen molar-refractivity contribution in [1.29, 1.82) is 0 Å². The Morgan fingerprint density at radius 3 is 0.859 bits per heavy atom. The Morgan fingerprint density at radius 1 is 0.366 bits per heavy atom. The zero-order valence-corrected chi connectivity index (χ0v) is 53.8. The van der Waals surface area contributed by atoms with Crippen molar-refractivity contribution in [3.63, 3.8) is 0 Å². The highest BCUT2D eigenvalue weighted by atomic mass is 32.2. The number of hydrogen-bond donors (Lipinski definition) is 0. The molecule has 0 heterocycles. The molecule has 0 saturated carbocycles. The maximum atomic E-state index is 3.08. The summed E-state index contributed by atoms with van der Waals surface area (Å²) < 4.78 is 3.08. The van der Waals surface area contributed by atoms with Gasteiger partial charge in [-0.1, -0.05) is 339 Å². The lowest BCUT2D eigenvalue weighted by Gasteiger charge is -2.43. The zero-order chi connectivity index (χ0) is 51.5. The molecule has 0 radical (unpaired) electrons. The van der Waals surface area contributed by atoms with Crippen molar-refractivity contribution in [2.75, 3.05) is 6.26 Å². The zero-order valence-electron chi connectivity index (χ0n) is 48.2. The van der Waals surface area contributed by atoms with Gasteiger partial charge < -0.3 is 0 Å². The van der Waals surface area contributed by atoms with E-state index in [0.717, 1.165) is 0 Å². The molecular formula is C64H107NP2SSi3. The van der Waals surface area contributed by atoms with Crippen molar-refractivity contribution in [1.82, 2.24) is 4.44 Å². The second kappa shape index (κ2) is 33.7. The van der Waals surface area contributed by atoms with Gasteiger partial charge in [-0.15, -0.1) is 11.8 Å². The average molecular weight is 1070 g/mol. The Bertz CT molecular complexity index is 1860. The summed E-state index contributed by atoms with van der Waals surface area (Å²) in [6.07, 6.45) is 26.4. The van der Waals surface area contributed by atoms with Crippen molar-refractivity contribution in [2.45, 2.75) is 257 Å². The fraction of sp³-hybridized carbons (Fsp3) is 0.625. The molecule has 0 spiro atoms. The van der Waals surface area contributed by atoms with Crippen LogP contribution >= 0.6 is 27.9 Å². The van der Waals surface area contributed by atoms with E-state index in [1.165, 1.54) is 196 Å². The molecule has 7 heteroatoms. The molecule has 396 valence electrons. The van der Waals surface area contributed by atoms with Crippen LogP contribution in [0.2, 0.25) is 54.4 Å². The molecule has 4 aromatic carbocycles. The number of thioether (sulfide) groups is 1. The Kier molecular flexibility index (Phi) is 29.5. The number of hydrogen-bond acceptors (Lipinski definition) is 2. The topological polar surface area (TPSA) is 3.24 Å². The van der Waals surface area contributed by atoms with Gasteiger partial charge in [-0.2, -0.15) is 0 Å². The van der Waals surface area contributed by atoms with Crippen LogP contribution in [0, 0.1) is 0 Å². The van der Waals surface area contributed by atoms with Gasteiger partial charge in [-0.25, -0.2) is 4.44 Å². The fourth-order valence-corrected chi connectivity index (χ4v) is 36.0. The quantitative estimate of drug-likeness (QED) is 0.0250. The van der Waals surface area contributed by atoms with Gasteiger partial charge in [0.15, 0.2) is 0 Å². The first-order chi connectivity index (χ1) is 34.6. The number of unbranched alkanes of at least 4 members (excludes halogenated alkanes) is 9. The molecule has 0 bridgehead atoms. The fourth-order valence-electron chi connectivity index (χ4n) is 12.0. The molecule has 1 nitrogen and oxygen atoms in total. The average Bonchev–Trinajstić information content (AvgIpc) is 3.41. The van der Waals surface area contributed by atoms with Crippen molar-refractivity contribution in [3.8, 4) is 0 Å². The Morgan fingerprint density at radius 2 is 0.620 bits per heavy atom. The summed E-state index contributed by atoms with van der Waals surface area (Å²) in [5.74, 6) is 0. The summed E-state index contributed by atoms with van der Waals surface area (Å²) in [6, 6.07) is 55.0. The SMILES string of the molecule is CCCC[Si](CCCC)(CCCC)c1ccc(P(c2ccc([Si](CCCC)(CCCC)CCCC)cc2)N(C(C)C)P(c2ccc([Si](CCCC)(CCCC)CCCC)cc2)c2ccccc2SC)cc1. The van der Waals surface area contributed by atoms with E-state index in [1.807, 2.05) is 11.8 Å². The first kappa shape index (κ1) is 62.2. The lowest BCUT2D eigenvalue weighted by atomic mass is 10.3. The molecular weight excluding hydrogens is 961 g/mol. The lowest BCUT2D eigenvalue weighted by molar-refractivity contribution is 0.583. The van der Waals surface area contributed by atoms with Crippen LogP contribution < -0.4 is 36.8 Å². The second-order valence-corrected chi connectivity index (χ2v) is 41.3. The third kappa shape index (κ3) is 17.4. The number of rotatable bonds is 38. The standard InChI is InChI=1S/C64H107NP2SSi3/c1-13-22-47-69(48-23-14-2,49-24-15-3)60-41-35-57(36-42-60)66(58-37-43-61(44-38-58)70(50-25-16-4,51-26-17-5)52-27-18-6)65(56(10)11)67(63-33-31-32-34-64(63)68-12)59-39-45-62(46-40-59)71(53-28-19-7,54-29-20-8)55-30-21-9/h31-46,56H,13-30,47-55H2,1-12H3. The summed E-state index contributed by atoms with van der Waals surface area (Å²) in [5.41, 5.74) is 0. The monoisotopic (exact) mass is 1070 g/mol. The summed E-state index contributed by atoms with van der Waals surface area (Å²) in [6.45, 7) is 26.7. The largest absolute Gasteiger partial charge is 0.242 e. The Balaban J connectivity index is 2.07. The number of benzene rings is 4. The van der Waals surface area contributed by atoms with Crippen molar-refractivity contribution < 1.29 is 0 Å². The first-order valence-corrected chi connectivity index (χ1v) is 41.6. The molecule has 4 aromatic rings. The van der Waals surface area contributed by atoms with Gasteiger partial charge in [-0.05, 0) is 42.1 Å². The van der Waals surface area contributed by atoms with Crippen LogP contribution in [0.5, 0.6) is 0 Å². The summed E-state index contributed by atoms with van der Waals surface area (Å²) in [7, 11) is -6.76. The highest BCUT2D eigenvalue weighted by molar-refractivity contribution is 7.99. The Labute approximate surface area is 450 Å². The summed E-state index contributed by atoms with van der Waals surface area (Å²) >= 11 is 1.95. The molecule has 0 aliphatic carbocycles. The van der Waals surface area contributed by atoms with Crippen molar-refractivity contribution in [2.24, 2.45) is 0 Å². The maximum Gasteiger partial charge on any atom is 0.0867 e. The molecule has 0 N–H and O–H groups in total. The first-order valence-electron chi connectivity index (χ1n) is 29.9. The molecule has 71 heavy (non-hydrogen) atoms. The van der Waals surface area contributed by atoms with E-state index in [9.17, 15) is 0 Å². The molecule has 0 aromatic heterocycles. The highest BCUT2D eigenvalue weighted by Crippen LogP contribution is 2.57. The molecule has 0 aliphatic rings. The highest BCUT2D eigenvalue weighted by Gasteiger charge is 2.39. The van der Waals surface area contributed by atoms with Crippen LogP contribution in [-0.4, -0.2) is 41.0 Å². The smallest absolute Gasteiger partial charge is 0.0867 e. The lowest BCUT2D eigenvalue weighted by Crippen LogP contribution is -2.48. The molecule has 1 unspecified atom stereocenters. The van der Waals surface area contributed by atoms with E-state index < -0.39 is 40.4 Å². The molecule has 1 atom stereocenters. The summed E-state index contributed by atoms with van der Waals surface area (Å²) in [5, 5.41) is 11.3. The maximum absolute atomic E-state index is 3.08. The van der Waals surface area contributed by atoms with Crippen LogP contribution in [0.4, 0.5) is 0 Å². The molecule has 0 aliphatic heterocycles. The van der Waals surface area contributed by atoms with E-state index in [2.05, 4.69) is 184 Å². The van der Waals surface area contributed by atoms with E-state index in [-0.39, 0.29) is 0 Å². The third-order valence-corrected chi connectivity index (χ3v) is 39.9.